The van der Waals surface area contributed by atoms with Crippen molar-refractivity contribution in [2.24, 2.45) is 0 Å². The van der Waals surface area contributed by atoms with Gasteiger partial charge in [0.25, 0.3) is 5.91 Å². The first-order chi connectivity index (χ1) is 17.4. The molecule has 1 atom stereocenters. The number of nitrogens with one attached hydrogen (secondary N) is 2. The Morgan fingerprint density at radius 3 is 2.33 bits per heavy atom. The molecule has 4 aromatic rings. The molecule has 1 aliphatic carbocycles. The predicted octanol–water partition coefficient (Wildman–Crippen LogP) is 4.84. The van der Waals surface area contributed by atoms with E-state index in [1.165, 1.54) is 19.1 Å². The number of hydrogen-bond acceptors (Lipinski definition) is 5. The van der Waals surface area contributed by atoms with Crippen LogP contribution in [-0.2, 0) is 20.7 Å². The number of para-hydroxylation sites is 1. The predicted molar refractivity (Wildman–Crippen MR) is 135 cm³/mol. The lowest BCUT2D eigenvalue weighted by atomic mass is 9.84. The molecule has 0 spiro atoms. The number of aromatic nitrogens is 1. The second kappa shape index (κ2) is 9.62. The van der Waals surface area contributed by atoms with Gasteiger partial charge in [0.05, 0.1) is 0 Å². The Morgan fingerprint density at radius 2 is 1.56 bits per heavy atom. The molecule has 5 rings (SSSR count). The van der Waals surface area contributed by atoms with Crippen LogP contribution in [0, 0.1) is 0 Å². The van der Waals surface area contributed by atoms with Gasteiger partial charge in [0.15, 0.2) is 17.7 Å². The van der Waals surface area contributed by atoms with E-state index >= 15 is 0 Å². The van der Waals surface area contributed by atoms with Gasteiger partial charge in [0.1, 0.15) is 0 Å². The molecular formula is C29H24N2O5. The molecule has 0 radical (unpaired) electrons. The summed E-state index contributed by atoms with van der Waals surface area (Å²) in [5, 5.41) is 3.80. The van der Waals surface area contributed by atoms with E-state index in [0.717, 1.165) is 16.5 Å². The van der Waals surface area contributed by atoms with E-state index in [0.29, 0.717) is 35.2 Å². The number of aryl methyl sites for hydroxylation is 1. The zero-order valence-electron chi connectivity index (χ0n) is 19.7. The minimum atomic E-state index is -1.01. The normalized spacial score (nSPS) is 13.1. The molecular weight excluding hydrogens is 456 g/mol. The highest BCUT2D eigenvalue weighted by molar-refractivity contribution is 6.28. The van der Waals surface area contributed by atoms with Crippen molar-refractivity contribution in [2.45, 2.75) is 32.3 Å². The van der Waals surface area contributed by atoms with E-state index in [4.69, 9.17) is 4.74 Å². The number of rotatable bonds is 7. The second-order valence-electron chi connectivity index (χ2n) is 8.80. The average molecular weight is 481 g/mol. The largest absolute Gasteiger partial charge is 0.453 e. The van der Waals surface area contributed by atoms with Gasteiger partial charge in [-0.1, -0.05) is 42.5 Å². The first-order valence-electron chi connectivity index (χ1n) is 11.8. The lowest BCUT2D eigenvalue weighted by Crippen LogP contribution is -2.30. The van der Waals surface area contributed by atoms with Crippen LogP contribution >= 0.6 is 0 Å². The summed E-state index contributed by atoms with van der Waals surface area (Å²) >= 11 is 0. The highest BCUT2D eigenvalue weighted by Crippen LogP contribution is 2.29. The van der Waals surface area contributed by atoms with E-state index in [1.807, 2.05) is 30.5 Å². The third-order valence-corrected chi connectivity index (χ3v) is 6.37. The number of ether oxygens (including phenoxy) is 1. The summed E-state index contributed by atoms with van der Waals surface area (Å²) in [5.41, 5.74) is 3.78. The maximum atomic E-state index is 12.9. The Labute approximate surface area is 207 Å². The van der Waals surface area contributed by atoms with Gasteiger partial charge in [-0.2, -0.15) is 0 Å². The van der Waals surface area contributed by atoms with Crippen molar-refractivity contribution >= 4 is 40.0 Å². The van der Waals surface area contributed by atoms with E-state index in [-0.39, 0.29) is 23.6 Å². The summed E-state index contributed by atoms with van der Waals surface area (Å²) < 4.78 is 5.31. The molecule has 0 bridgehead atoms. The molecule has 3 aromatic carbocycles. The lowest BCUT2D eigenvalue weighted by molar-refractivity contribution is -0.153. The van der Waals surface area contributed by atoms with Gasteiger partial charge in [-0.05, 0) is 49.6 Å². The topological polar surface area (TPSA) is 105 Å². The van der Waals surface area contributed by atoms with E-state index < -0.39 is 18.0 Å². The fourth-order valence-electron chi connectivity index (χ4n) is 4.49. The summed E-state index contributed by atoms with van der Waals surface area (Å²) in [7, 11) is 0. The average Bonchev–Trinajstić information content (AvgIpc) is 3.30. The van der Waals surface area contributed by atoms with E-state index in [2.05, 4.69) is 10.3 Å². The molecule has 1 unspecified atom stereocenters. The number of carbonyl (C=O) groups excluding carboxylic acids is 4. The van der Waals surface area contributed by atoms with Crippen molar-refractivity contribution < 1.29 is 23.9 Å². The third-order valence-electron chi connectivity index (χ3n) is 6.37. The Balaban J connectivity index is 1.17. The molecule has 1 heterocycles. The number of amides is 1. The number of H-pyrrole nitrogens is 1. The molecule has 0 saturated heterocycles. The number of anilines is 1. The first-order valence-corrected chi connectivity index (χ1v) is 11.8. The first kappa shape index (κ1) is 23.2. The van der Waals surface area contributed by atoms with Crippen molar-refractivity contribution in [3.8, 4) is 0 Å². The quantitative estimate of drug-likeness (QED) is 0.325. The molecule has 36 heavy (non-hydrogen) atoms. The summed E-state index contributed by atoms with van der Waals surface area (Å²) in [6.45, 7) is 1.50. The van der Waals surface area contributed by atoms with Crippen LogP contribution in [0.25, 0.3) is 10.9 Å². The smallest absolute Gasteiger partial charge is 0.306 e. The lowest BCUT2D eigenvalue weighted by Gasteiger charge is -2.19. The summed E-state index contributed by atoms with van der Waals surface area (Å²) in [4.78, 5) is 53.8. The van der Waals surface area contributed by atoms with Crippen molar-refractivity contribution in [3.05, 3.63) is 101 Å². The number of carbonyl (C=O) groups is 4. The van der Waals surface area contributed by atoms with Gasteiger partial charge < -0.3 is 15.0 Å². The Kier molecular flexibility index (Phi) is 6.21. The van der Waals surface area contributed by atoms with Crippen LogP contribution < -0.4 is 5.32 Å². The van der Waals surface area contributed by atoms with E-state index in [9.17, 15) is 19.2 Å². The molecule has 1 aliphatic rings. The van der Waals surface area contributed by atoms with Crippen LogP contribution in [0.5, 0.6) is 0 Å². The van der Waals surface area contributed by atoms with Crippen LogP contribution in [0.1, 0.15) is 57.2 Å². The number of aromatic amines is 1. The summed E-state index contributed by atoms with van der Waals surface area (Å²) in [6.07, 6.45) is 2.43. The number of esters is 1. The van der Waals surface area contributed by atoms with Crippen LogP contribution in [0.15, 0.2) is 72.9 Å². The summed E-state index contributed by atoms with van der Waals surface area (Å²) in [6, 6.07) is 19.2. The molecule has 1 amide bonds. The Hall–Kier alpha value is -4.52. The van der Waals surface area contributed by atoms with Crippen LogP contribution in [0.3, 0.4) is 0 Å². The van der Waals surface area contributed by atoms with Crippen molar-refractivity contribution in [3.63, 3.8) is 0 Å². The maximum Gasteiger partial charge on any atom is 0.306 e. The van der Waals surface area contributed by atoms with Gasteiger partial charge in [0.2, 0.25) is 0 Å². The Bertz CT molecular complexity index is 1520. The minimum absolute atomic E-state index is 0.187. The van der Waals surface area contributed by atoms with E-state index in [1.54, 1.807) is 30.3 Å². The molecule has 180 valence electrons. The third kappa shape index (κ3) is 4.43. The molecule has 7 nitrogen and oxygen atoms in total. The SMILES string of the molecule is CC(OC(=O)CCCc1c[nH]c2ccccc12)C(=O)Nc1ccc2c(c1)C(=O)c1ccccc1C2=O. The second-order valence-corrected chi connectivity index (χ2v) is 8.80. The molecule has 0 aliphatic heterocycles. The standard InChI is InChI=1S/C29H24N2O5/c1-17(36-26(32)12-6-7-18-16-30-25-11-5-4-8-20(18)25)29(35)31-19-13-14-23-24(15-19)28(34)22-10-3-2-9-21(22)27(23)33/h2-5,8-11,13-17,30H,6-7,12H2,1H3,(H,31,35). The van der Waals surface area contributed by atoms with Gasteiger partial charge >= 0.3 is 5.97 Å². The maximum absolute atomic E-state index is 12.9. The van der Waals surface area contributed by atoms with Gasteiger partial charge in [-0.3, -0.25) is 19.2 Å². The molecule has 0 saturated carbocycles. The minimum Gasteiger partial charge on any atom is -0.453 e. The molecule has 1 aromatic heterocycles. The van der Waals surface area contributed by atoms with Gasteiger partial charge in [-0.25, -0.2) is 0 Å². The number of hydrogen-bond donors (Lipinski definition) is 2. The Morgan fingerprint density at radius 1 is 0.889 bits per heavy atom. The van der Waals surface area contributed by atoms with Gasteiger partial charge in [-0.15, -0.1) is 0 Å². The van der Waals surface area contributed by atoms with Gasteiger partial charge in [0, 0.05) is 51.5 Å². The molecule has 0 fully saturated rings. The zero-order chi connectivity index (χ0) is 25.2. The fraction of sp³-hybridized carbons (Fsp3) is 0.172. The van der Waals surface area contributed by atoms with Crippen LogP contribution in [-0.4, -0.2) is 34.5 Å². The zero-order valence-corrected chi connectivity index (χ0v) is 19.7. The highest BCUT2D eigenvalue weighted by atomic mass is 16.5. The van der Waals surface area contributed by atoms with Crippen molar-refractivity contribution in [1.29, 1.82) is 0 Å². The molecule has 7 heteroatoms. The summed E-state index contributed by atoms with van der Waals surface area (Å²) in [5.74, 6) is -1.48. The fourth-order valence-corrected chi connectivity index (χ4v) is 4.49. The number of benzene rings is 3. The van der Waals surface area contributed by atoms with Crippen LogP contribution in [0.4, 0.5) is 5.69 Å². The van der Waals surface area contributed by atoms with Crippen LogP contribution in [0.2, 0.25) is 0 Å². The molecule has 2 N–H and O–H groups in total. The monoisotopic (exact) mass is 480 g/mol. The number of fused-ring (bicyclic) bond motifs is 3. The van der Waals surface area contributed by atoms with Crippen molar-refractivity contribution in [1.82, 2.24) is 4.98 Å². The van der Waals surface area contributed by atoms with Crippen molar-refractivity contribution in [2.75, 3.05) is 5.32 Å². The highest BCUT2D eigenvalue weighted by Gasteiger charge is 2.29. The number of ketones is 2.